The lowest BCUT2D eigenvalue weighted by Gasteiger charge is -2.12. The van der Waals surface area contributed by atoms with Crippen LogP contribution in [0.1, 0.15) is 6.92 Å². The van der Waals surface area contributed by atoms with Gasteiger partial charge in [-0.25, -0.2) is 15.0 Å². The lowest BCUT2D eigenvalue weighted by atomic mass is 10.6. The third-order valence-corrected chi connectivity index (χ3v) is 1.82. The van der Waals surface area contributed by atoms with Crippen LogP contribution in [-0.2, 0) is 14.3 Å². The smallest absolute Gasteiger partial charge is 0.333 e. The van der Waals surface area contributed by atoms with Crippen LogP contribution in [0.4, 0.5) is 9.59 Å². The van der Waals surface area contributed by atoms with Crippen molar-refractivity contribution in [2.45, 2.75) is 6.92 Å². The van der Waals surface area contributed by atoms with Crippen LogP contribution in [0.25, 0.3) is 0 Å². The van der Waals surface area contributed by atoms with Crippen molar-refractivity contribution >= 4 is 23.9 Å². The fraction of sp³-hybridized carbons (Fsp3) is 0.600. The second-order valence-corrected chi connectivity index (χ2v) is 3.71. The molecule has 0 heterocycles. The summed E-state index contributed by atoms with van der Waals surface area (Å²) in [5, 5.41) is 4.47. The van der Waals surface area contributed by atoms with E-state index >= 15 is 0 Å². The lowest BCUT2D eigenvalue weighted by molar-refractivity contribution is -0.141. The van der Waals surface area contributed by atoms with Gasteiger partial charge in [0.25, 0.3) is 5.91 Å². The SMILES string of the molecule is CCOC(=O)CNC(=O)NNC(=O)CNC(=O)N(C)C. The highest BCUT2D eigenvalue weighted by molar-refractivity contribution is 5.86. The van der Waals surface area contributed by atoms with E-state index in [1.54, 1.807) is 6.92 Å². The van der Waals surface area contributed by atoms with Gasteiger partial charge >= 0.3 is 18.0 Å². The average Bonchev–Trinajstić information content (AvgIpc) is 2.40. The number of carbonyl (C=O) groups excluding carboxylic acids is 4. The Hall–Kier alpha value is -2.52. The van der Waals surface area contributed by atoms with Crippen LogP contribution in [0.15, 0.2) is 0 Å². The first kappa shape index (κ1) is 17.5. The standard InChI is InChI=1S/C10H19N5O5/c1-4-20-8(17)6-11-9(18)14-13-7(16)5-12-10(19)15(2)3/h4-6H2,1-3H3,(H,12,19)(H,13,16)(H2,11,14,18). The van der Waals surface area contributed by atoms with E-state index in [-0.39, 0.29) is 19.7 Å². The first-order valence-electron chi connectivity index (χ1n) is 5.80. The summed E-state index contributed by atoms with van der Waals surface area (Å²) in [7, 11) is 3.04. The molecule has 0 bridgehead atoms. The topological polar surface area (TPSA) is 129 Å². The highest BCUT2D eigenvalue weighted by atomic mass is 16.5. The van der Waals surface area contributed by atoms with Crippen LogP contribution in [0.3, 0.4) is 0 Å². The summed E-state index contributed by atoms with van der Waals surface area (Å²) in [5.41, 5.74) is 4.06. The van der Waals surface area contributed by atoms with E-state index in [1.807, 2.05) is 10.9 Å². The molecule has 0 spiro atoms. The zero-order valence-corrected chi connectivity index (χ0v) is 11.6. The van der Waals surface area contributed by atoms with Crippen molar-refractivity contribution in [2.24, 2.45) is 0 Å². The molecule has 4 N–H and O–H groups in total. The predicted octanol–water partition coefficient (Wildman–Crippen LogP) is -1.85. The molecule has 5 amide bonds. The van der Waals surface area contributed by atoms with E-state index in [0.717, 1.165) is 0 Å². The van der Waals surface area contributed by atoms with Crippen molar-refractivity contribution in [3.8, 4) is 0 Å². The fourth-order valence-electron chi connectivity index (χ4n) is 0.893. The van der Waals surface area contributed by atoms with Crippen molar-refractivity contribution in [3.63, 3.8) is 0 Å². The number of carbonyl (C=O) groups is 4. The Morgan fingerprint density at radius 1 is 1.00 bits per heavy atom. The van der Waals surface area contributed by atoms with Crippen LogP contribution >= 0.6 is 0 Å². The molecular formula is C10H19N5O5. The lowest BCUT2D eigenvalue weighted by Crippen LogP contribution is -2.51. The first-order chi connectivity index (χ1) is 9.36. The number of nitrogens with one attached hydrogen (secondary N) is 4. The van der Waals surface area contributed by atoms with Crippen LogP contribution in [0, 0.1) is 0 Å². The molecule has 0 aromatic heterocycles. The molecule has 0 radical (unpaired) electrons. The Morgan fingerprint density at radius 2 is 1.65 bits per heavy atom. The van der Waals surface area contributed by atoms with E-state index in [1.165, 1.54) is 19.0 Å². The summed E-state index contributed by atoms with van der Waals surface area (Å²) >= 11 is 0. The Labute approximate surface area is 116 Å². The second kappa shape index (κ2) is 9.42. The van der Waals surface area contributed by atoms with Crippen LogP contribution in [-0.4, -0.2) is 62.6 Å². The summed E-state index contributed by atoms with van der Waals surface area (Å²) in [4.78, 5) is 45.7. The summed E-state index contributed by atoms with van der Waals surface area (Å²) < 4.78 is 4.58. The van der Waals surface area contributed by atoms with Crippen molar-refractivity contribution in [3.05, 3.63) is 0 Å². The molecule has 20 heavy (non-hydrogen) atoms. The van der Waals surface area contributed by atoms with Crippen molar-refractivity contribution in [1.29, 1.82) is 0 Å². The first-order valence-corrected chi connectivity index (χ1v) is 5.80. The molecule has 0 atom stereocenters. The minimum Gasteiger partial charge on any atom is -0.465 e. The third kappa shape index (κ3) is 8.55. The molecule has 114 valence electrons. The van der Waals surface area contributed by atoms with E-state index in [0.29, 0.717) is 0 Å². The van der Waals surface area contributed by atoms with Gasteiger partial charge in [-0.3, -0.25) is 15.0 Å². The highest BCUT2D eigenvalue weighted by Crippen LogP contribution is 1.76. The van der Waals surface area contributed by atoms with Gasteiger partial charge in [0.05, 0.1) is 6.61 Å². The number of hydrogen-bond donors (Lipinski definition) is 4. The molecule has 0 aromatic rings. The maximum absolute atomic E-state index is 11.2. The molecule has 0 aliphatic heterocycles. The number of nitrogens with zero attached hydrogens (tertiary/aromatic N) is 1. The van der Waals surface area contributed by atoms with E-state index in [4.69, 9.17) is 0 Å². The molecule has 0 fully saturated rings. The fourth-order valence-corrected chi connectivity index (χ4v) is 0.893. The minimum absolute atomic E-state index is 0.213. The number of hydrazine groups is 1. The van der Waals surface area contributed by atoms with E-state index in [2.05, 4.69) is 15.4 Å². The number of hydrogen-bond acceptors (Lipinski definition) is 5. The predicted molar refractivity (Wildman–Crippen MR) is 68.4 cm³/mol. The highest BCUT2D eigenvalue weighted by Gasteiger charge is 2.08. The molecule has 0 rings (SSSR count). The zero-order chi connectivity index (χ0) is 15.5. The van der Waals surface area contributed by atoms with Gasteiger partial charge in [0, 0.05) is 14.1 Å². The summed E-state index contributed by atoms with van der Waals surface area (Å²) in [5.74, 6) is -1.21. The number of ether oxygens (including phenoxy) is 1. The van der Waals surface area contributed by atoms with Crippen molar-refractivity contribution < 1.29 is 23.9 Å². The van der Waals surface area contributed by atoms with Crippen molar-refractivity contribution in [2.75, 3.05) is 33.8 Å². The molecule has 0 saturated carbocycles. The molecule has 10 heteroatoms. The van der Waals surface area contributed by atoms with E-state index < -0.39 is 23.9 Å². The molecule has 0 saturated heterocycles. The Kier molecular flexibility index (Phi) is 8.23. The Bertz CT molecular complexity index is 371. The molecule has 0 unspecified atom stereocenters. The maximum Gasteiger partial charge on any atom is 0.333 e. The van der Waals surface area contributed by atoms with Gasteiger partial charge in [0.15, 0.2) is 0 Å². The van der Waals surface area contributed by atoms with Crippen LogP contribution < -0.4 is 21.5 Å². The van der Waals surface area contributed by atoms with Gasteiger partial charge < -0.3 is 20.3 Å². The molecule has 10 nitrogen and oxygen atoms in total. The maximum atomic E-state index is 11.2. The largest absolute Gasteiger partial charge is 0.465 e. The molecule has 0 aliphatic carbocycles. The van der Waals surface area contributed by atoms with Gasteiger partial charge in [-0.2, -0.15) is 0 Å². The van der Waals surface area contributed by atoms with Crippen molar-refractivity contribution in [1.82, 2.24) is 26.4 Å². The van der Waals surface area contributed by atoms with Gasteiger partial charge in [-0.15, -0.1) is 0 Å². The van der Waals surface area contributed by atoms with Crippen LogP contribution in [0.5, 0.6) is 0 Å². The molecular weight excluding hydrogens is 270 g/mol. The number of esters is 1. The normalized spacial score (nSPS) is 9.15. The van der Waals surface area contributed by atoms with Crippen LogP contribution in [0.2, 0.25) is 0 Å². The summed E-state index contributed by atoms with van der Waals surface area (Å²) in [6, 6.07) is -1.21. The Morgan fingerprint density at radius 3 is 2.20 bits per heavy atom. The van der Waals surface area contributed by atoms with Gasteiger partial charge in [-0.1, -0.05) is 0 Å². The number of rotatable bonds is 5. The Balaban J connectivity index is 3.76. The summed E-state index contributed by atoms with van der Waals surface area (Å²) in [6.07, 6.45) is 0. The monoisotopic (exact) mass is 289 g/mol. The van der Waals surface area contributed by atoms with Gasteiger partial charge in [-0.05, 0) is 6.92 Å². The zero-order valence-electron chi connectivity index (χ0n) is 11.6. The molecule has 0 aliphatic rings. The second-order valence-electron chi connectivity index (χ2n) is 3.71. The average molecular weight is 289 g/mol. The summed E-state index contributed by atoms with van der Waals surface area (Å²) in [6.45, 7) is 1.24. The van der Waals surface area contributed by atoms with Gasteiger partial charge in [0.1, 0.15) is 13.1 Å². The van der Waals surface area contributed by atoms with Gasteiger partial charge in [0.2, 0.25) is 0 Å². The number of amides is 5. The number of urea groups is 2. The molecule has 0 aromatic carbocycles. The van der Waals surface area contributed by atoms with E-state index in [9.17, 15) is 19.2 Å². The minimum atomic E-state index is -0.773. The quantitative estimate of drug-likeness (QED) is 0.349. The third-order valence-electron chi connectivity index (χ3n) is 1.82.